The highest BCUT2D eigenvalue weighted by Gasteiger charge is 2.54. The Labute approximate surface area is 210 Å². The van der Waals surface area contributed by atoms with E-state index in [2.05, 4.69) is 15.5 Å². The molecule has 200 valence electrons. The molecule has 2 N–H and O–H groups in total. The Balaban J connectivity index is 1.47. The first kappa shape index (κ1) is 25.7. The predicted octanol–water partition coefficient (Wildman–Crippen LogP) is 4.53. The predicted molar refractivity (Wildman–Crippen MR) is 128 cm³/mol. The van der Waals surface area contributed by atoms with Gasteiger partial charge in [-0.05, 0) is 45.1 Å². The molecule has 1 saturated heterocycles. The number of benzene rings is 1. The number of nitrogens with zero attached hydrogens (tertiary/aromatic N) is 2. The van der Waals surface area contributed by atoms with Gasteiger partial charge in [-0.2, -0.15) is 0 Å². The van der Waals surface area contributed by atoms with Crippen LogP contribution in [0.1, 0.15) is 60.1 Å². The fourth-order valence-corrected chi connectivity index (χ4v) is 5.84. The molecular formula is C26H29F5N4O2. The minimum atomic E-state index is -3.02. The van der Waals surface area contributed by atoms with Crippen LogP contribution in [-0.2, 0) is 5.54 Å². The lowest BCUT2D eigenvalue weighted by atomic mass is 9.66. The van der Waals surface area contributed by atoms with Gasteiger partial charge in [0.1, 0.15) is 11.4 Å². The monoisotopic (exact) mass is 524 g/mol. The van der Waals surface area contributed by atoms with Gasteiger partial charge in [0.25, 0.3) is 24.3 Å². The minimum Gasteiger partial charge on any atom is -0.381 e. The number of amides is 1. The highest BCUT2D eigenvalue weighted by Crippen LogP contribution is 2.48. The maximum atomic E-state index is 14.7. The normalized spacial score (nSPS) is 25.1. The largest absolute Gasteiger partial charge is 0.381 e. The molecule has 6 nitrogen and oxygen atoms in total. The molecule has 0 unspecified atom stereocenters. The van der Waals surface area contributed by atoms with Crippen molar-refractivity contribution in [1.82, 2.24) is 14.8 Å². The molecule has 1 amide bonds. The molecule has 1 aliphatic heterocycles. The molecule has 37 heavy (non-hydrogen) atoms. The summed E-state index contributed by atoms with van der Waals surface area (Å²) in [5.74, 6) is -1.20. The van der Waals surface area contributed by atoms with Crippen molar-refractivity contribution in [3.05, 3.63) is 63.3 Å². The molecule has 4 atom stereocenters. The van der Waals surface area contributed by atoms with Gasteiger partial charge in [-0.3, -0.25) is 9.59 Å². The van der Waals surface area contributed by atoms with Gasteiger partial charge in [0, 0.05) is 37.0 Å². The molecule has 1 aromatic carbocycles. The number of anilines is 1. The second-order valence-corrected chi connectivity index (χ2v) is 10.6. The van der Waals surface area contributed by atoms with E-state index in [1.54, 1.807) is 0 Å². The van der Waals surface area contributed by atoms with E-state index in [0.29, 0.717) is 11.8 Å². The van der Waals surface area contributed by atoms with E-state index >= 15 is 0 Å². The van der Waals surface area contributed by atoms with E-state index in [-0.39, 0.29) is 35.7 Å². The van der Waals surface area contributed by atoms with Gasteiger partial charge in [-0.15, -0.1) is 0 Å². The number of carbonyl (C=O) groups is 1. The van der Waals surface area contributed by atoms with Crippen molar-refractivity contribution in [3.63, 3.8) is 0 Å². The molecule has 11 heteroatoms. The number of alkyl halides is 4. The van der Waals surface area contributed by atoms with Crippen molar-refractivity contribution in [3.8, 4) is 0 Å². The highest BCUT2D eigenvalue weighted by atomic mass is 19.3. The summed E-state index contributed by atoms with van der Waals surface area (Å²) < 4.78 is 69.6. The molecule has 3 aliphatic rings. The van der Waals surface area contributed by atoms with Gasteiger partial charge in [0.15, 0.2) is 0 Å². The number of fused-ring (bicyclic) bond motifs is 2. The number of rotatable bonds is 8. The lowest BCUT2D eigenvalue weighted by Crippen LogP contribution is -2.60. The summed E-state index contributed by atoms with van der Waals surface area (Å²) in [5.41, 5.74) is -2.99. The van der Waals surface area contributed by atoms with Crippen molar-refractivity contribution >= 4 is 11.6 Å². The molecule has 2 heterocycles. The molecule has 2 saturated carbocycles. The van der Waals surface area contributed by atoms with Gasteiger partial charge in [-0.1, -0.05) is 18.2 Å². The highest BCUT2D eigenvalue weighted by molar-refractivity contribution is 5.99. The Morgan fingerprint density at radius 1 is 1.11 bits per heavy atom. The number of carbonyl (C=O) groups excluding carboxylic acids is 1. The molecule has 2 bridgehead atoms. The van der Waals surface area contributed by atoms with Crippen LogP contribution in [0, 0.1) is 17.7 Å². The Bertz CT molecular complexity index is 1250. The SMILES string of the molecule is C[C@@H](NC(=O)c1cn(C2(C(F)F)CC2)c(=O)cc1N[C@H]1[C@@H]2C[C@H]1CN(C)C2)c1cccc(C(F)F)c1F. The molecule has 5 rings (SSSR count). The van der Waals surface area contributed by atoms with Crippen LogP contribution in [0.4, 0.5) is 27.6 Å². The molecular weight excluding hydrogens is 495 g/mol. The Hall–Kier alpha value is -2.95. The zero-order valence-electron chi connectivity index (χ0n) is 20.5. The number of piperidine rings is 2. The Kier molecular flexibility index (Phi) is 6.54. The Morgan fingerprint density at radius 3 is 2.35 bits per heavy atom. The van der Waals surface area contributed by atoms with Gasteiger partial charge < -0.3 is 20.1 Å². The second-order valence-electron chi connectivity index (χ2n) is 10.6. The van der Waals surface area contributed by atoms with E-state index in [1.165, 1.54) is 25.1 Å². The summed E-state index contributed by atoms with van der Waals surface area (Å²) >= 11 is 0. The zero-order valence-corrected chi connectivity index (χ0v) is 20.5. The fraction of sp³-hybridized carbons (Fsp3) is 0.538. The van der Waals surface area contributed by atoms with Crippen LogP contribution in [0.3, 0.4) is 0 Å². The second kappa shape index (κ2) is 9.41. The number of pyridine rings is 1. The number of hydrogen-bond acceptors (Lipinski definition) is 4. The molecule has 2 aromatic rings. The molecule has 3 fully saturated rings. The molecule has 0 spiro atoms. The third-order valence-corrected chi connectivity index (χ3v) is 8.09. The first-order valence-electron chi connectivity index (χ1n) is 12.4. The van der Waals surface area contributed by atoms with Crippen molar-refractivity contribution in [2.75, 3.05) is 25.5 Å². The summed E-state index contributed by atoms with van der Waals surface area (Å²) in [6.07, 6.45) is -3.41. The van der Waals surface area contributed by atoms with Crippen LogP contribution >= 0.6 is 0 Å². The van der Waals surface area contributed by atoms with Gasteiger partial charge in [0.05, 0.1) is 22.9 Å². The first-order valence-corrected chi connectivity index (χ1v) is 12.4. The number of hydrogen-bond donors (Lipinski definition) is 2. The van der Waals surface area contributed by atoms with E-state index in [0.717, 1.165) is 36.3 Å². The topological polar surface area (TPSA) is 66.4 Å². The molecule has 1 aromatic heterocycles. The maximum absolute atomic E-state index is 14.7. The summed E-state index contributed by atoms with van der Waals surface area (Å²) in [4.78, 5) is 28.5. The smallest absolute Gasteiger partial charge is 0.266 e. The number of nitrogens with one attached hydrogen (secondary N) is 2. The average Bonchev–Trinajstić information content (AvgIpc) is 3.64. The first-order chi connectivity index (χ1) is 17.5. The van der Waals surface area contributed by atoms with Crippen molar-refractivity contribution in [2.45, 2.75) is 56.7 Å². The Morgan fingerprint density at radius 2 is 1.76 bits per heavy atom. The van der Waals surface area contributed by atoms with Gasteiger partial charge in [0.2, 0.25) is 0 Å². The van der Waals surface area contributed by atoms with E-state index in [9.17, 15) is 31.5 Å². The van der Waals surface area contributed by atoms with Crippen molar-refractivity contribution < 1.29 is 26.7 Å². The quantitative estimate of drug-likeness (QED) is 0.498. The van der Waals surface area contributed by atoms with Crippen molar-refractivity contribution in [1.29, 1.82) is 0 Å². The van der Waals surface area contributed by atoms with Crippen LogP contribution in [-0.4, -0.2) is 48.0 Å². The zero-order chi connectivity index (χ0) is 26.6. The molecule has 2 aliphatic carbocycles. The van der Waals surface area contributed by atoms with Crippen molar-refractivity contribution in [2.24, 2.45) is 11.8 Å². The standard InChI is InChI=1S/C26H29F5N4O2/c1-13(16-4-3-5-17(21(16)27)23(28)29)32-24(37)18-12-35(26(6-7-26)25(30)31)20(36)9-19(18)33-22-14-8-15(22)11-34(2)10-14/h3-5,9,12-15,22-23,25,33H,6-8,10-11H2,1-2H3,(H,32,37)/t13-,14-,15+,22+/m1/s1. The summed E-state index contributed by atoms with van der Waals surface area (Å²) in [6, 6.07) is 3.76. The fourth-order valence-electron chi connectivity index (χ4n) is 5.84. The third-order valence-electron chi connectivity index (χ3n) is 8.09. The average molecular weight is 525 g/mol. The van der Waals surface area contributed by atoms with Gasteiger partial charge >= 0.3 is 0 Å². The summed E-state index contributed by atoms with van der Waals surface area (Å²) in [6.45, 7) is 3.17. The van der Waals surface area contributed by atoms with Crippen LogP contribution in [0.5, 0.6) is 0 Å². The van der Waals surface area contributed by atoms with Crippen LogP contribution < -0.4 is 16.2 Å². The third kappa shape index (κ3) is 4.51. The van der Waals surface area contributed by atoms with Gasteiger partial charge in [-0.25, -0.2) is 22.0 Å². The maximum Gasteiger partial charge on any atom is 0.266 e. The van der Waals surface area contributed by atoms with Crippen LogP contribution in [0.15, 0.2) is 35.3 Å². The minimum absolute atomic E-state index is 0.0258. The lowest BCUT2D eigenvalue weighted by molar-refractivity contribution is 0.0269. The van der Waals surface area contributed by atoms with E-state index < -0.39 is 47.3 Å². The number of aromatic nitrogens is 1. The van der Waals surface area contributed by atoms with Crippen LogP contribution in [0.2, 0.25) is 0 Å². The van der Waals surface area contributed by atoms with E-state index in [4.69, 9.17) is 0 Å². The number of halogens is 5. The van der Waals surface area contributed by atoms with Crippen LogP contribution in [0.25, 0.3) is 0 Å². The lowest BCUT2D eigenvalue weighted by Gasteiger charge is -2.53. The molecule has 0 radical (unpaired) electrons. The number of likely N-dealkylation sites (tertiary alicyclic amines) is 1. The van der Waals surface area contributed by atoms with E-state index in [1.807, 2.05) is 7.05 Å². The summed E-state index contributed by atoms with van der Waals surface area (Å²) in [7, 11) is 2.03. The summed E-state index contributed by atoms with van der Waals surface area (Å²) in [5, 5.41) is 5.91.